The van der Waals surface area contributed by atoms with E-state index in [1.165, 1.54) is 0 Å². The summed E-state index contributed by atoms with van der Waals surface area (Å²) in [5.74, 6) is 0.232. The van der Waals surface area contributed by atoms with Crippen LogP contribution in [0.5, 0.6) is 0 Å². The Labute approximate surface area is 169 Å². The van der Waals surface area contributed by atoms with E-state index in [4.69, 9.17) is 9.15 Å². The molecule has 2 aromatic carbocycles. The van der Waals surface area contributed by atoms with Crippen molar-refractivity contribution in [2.24, 2.45) is 0 Å². The summed E-state index contributed by atoms with van der Waals surface area (Å²) in [5, 5.41) is 2.90. The lowest BCUT2D eigenvalue weighted by molar-refractivity contribution is -0.141. The molecule has 0 bridgehead atoms. The van der Waals surface area contributed by atoms with E-state index >= 15 is 0 Å². The van der Waals surface area contributed by atoms with Crippen LogP contribution in [0.3, 0.4) is 0 Å². The molecule has 3 aromatic rings. The Morgan fingerprint density at radius 3 is 2.38 bits per heavy atom. The van der Waals surface area contributed by atoms with Gasteiger partial charge in [-0.3, -0.25) is 9.59 Å². The molecule has 1 saturated heterocycles. The van der Waals surface area contributed by atoms with E-state index < -0.39 is 6.04 Å². The Kier molecular flexibility index (Phi) is 5.72. The van der Waals surface area contributed by atoms with Crippen LogP contribution in [-0.2, 0) is 9.53 Å². The maximum atomic E-state index is 13.4. The van der Waals surface area contributed by atoms with E-state index in [0.29, 0.717) is 31.0 Å². The molecule has 29 heavy (non-hydrogen) atoms. The lowest BCUT2D eigenvalue weighted by Crippen LogP contribution is -2.48. The fraction of sp³-hybridized carbons (Fsp3) is 0.217. The third-order valence-corrected chi connectivity index (χ3v) is 4.93. The molecule has 0 spiro atoms. The van der Waals surface area contributed by atoms with E-state index in [1.807, 2.05) is 42.5 Å². The number of rotatable bonds is 5. The summed E-state index contributed by atoms with van der Waals surface area (Å²) in [7, 11) is 0. The molecule has 2 amide bonds. The molecule has 0 saturated carbocycles. The number of hydrogen-bond donors (Lipinski definition) is 1. The van der Waals surface area contributed by atoms with E-state index in [-0.39, 0.29) is 17.9 Å². The highest BCUT2D eigenvalue weighted by Gasteiger charge is 2.32. The van der Waals surface area contributed by atoms with E-state index in [0.717, 1.165) is 5.56 Å². The van der Waals surface area contributed by atoms with E-state index in [9.17, 15) is 9.59 Å². The molecule has 1 N–H and O–H groups in total. The molecule has 0 radical (unpaired) electrons. The van der Waals surface area contributed by atoms with Gasteiger partial charge in [-0.05, 0) is 29.8 Å². The molecule has 1 aromatic heterocycles. The maximum absolute atomic E-state index is 13.4. The average molecular weight is 390 g/mol. The second-order valence-corrected chi connectivity index (χ2v) is 6.84. The van der Waals surface area contributed by atoms with E-state index in [2.05, 4.69) is 5.32 Å². The van der Waals surface area contributed by atoms with Gasteiger partial charge in [0, 0.05) is 12.1 Å². The first-order chi connectivity index (χ1) is 14.2. The highest BCUT2D eigenvalue weighted by atomic mass is 16.5. The first kappa shape index (κ1) is 19.0. The molecule has 1 aliphatic heterocycles. The molecule has 2 unspecified atom stereocenters. The first-order valence-electron chi connectivity index (χ1n) is 9.57. The summed E-state index contributed by atoms with van der Waals surface area (Å²) in [4.78, 5) is 27.9. The first-order valence-corrected chi connectivity index (χ1v) is 9.57. The van der Waals surface area contributed by atoms with Crippen molar-refractivity contribution in [3.63, 3.8) is 0 Å². The van der Waals surface area contributed by atoms with Crippen LogP contribution >= 0.6 is 0 Å². The Morgan fingerprint density at radius 2 is 1.69 bits per heavy atom. The summed E-state index contributed by atoms with van der Waals surface area (Å²) in [6, 6.07) is 21.0. The largest absolute Gasteiger partial charge is 0.467 e. The van der Waals surface area contributed by atoms with Crippen molar-refractivity contribution in [3.8, 4) is 0 Å². The zero-order valence-electron chi connectivity index (χ0n) is 15.9. The molecule has 6 nitrogen and oxygen atoms in total. The minimum absolute atomic E-state index is 0.166. The third-order valence-electron chi connectivity index (χ3n) is 4.93. The van der Waals surface area contributed by atoms with Crippen LogP contribution in [0.1, 0.15) is 33.8 Å². The predicted octanol–water partition coefficient (Wildman–Crippen LogP) is 3.35. The molecule has 4 rings (SSSR count). The minimum atomic E-state index is -0.778. The monoisotopic (exact) mass is 390 g/mol. The standard InChI is InChI=1S/C23H22N2O4/c26-22(18-10-5-2-6-11-18)24-21(17-8-3-1-4-9-17)23(27)25-13-15-29-20(16-25)19-12-7-14-28-19/h1-12,14,20-21H,13,15-16H2,(H,24,26). The van der Waals surface area contributed by atoms with Gasteiger partial charge < -0.3 is 19.4 Å². The van der Waals surface area contributed by atoms with Crippen molar-refractivity contribution in [2.75, 3.05) is 19.7 Å². The number of morpholine rings is 1. The van der Waals surface area contributed by atoms with Crippen LogP contribution in [-0.4, -0.2) is 36.4 Å². The summed E-state index contributed by atoms with van der Waals surface area (Å²) in [5.41, 5.74) is 1.25. The van der Waals surface area contributed by atoms with Gasteiger partial charge in [0.15, 0.2) is 0 Å². The Balaban J connectivity index is 1.55. The molecule has 148 valence electrons. The van der Waals surface area contributed by atoms with Crippen LogP contribution < -0.4 is 5.32 Å². The quantitative estimate of drug-likeness (QED) is 0.725. The predicted molar refractivity (Wildman–Crippen MR) is 107 cm³/mol. The van der Waals surface area contributed by atoms with Crippen molar-refractivity contribution >= 4 is 11.8 Å². The van der Waals surface area contributed by atoms with Crippen molar-refractivity contribution < 1.29 is 18.7 Å². The second kappa shape index (κ2) is 8.75. The van der Waals surface area contributed by atoms with Gasteiger partial charge in [0.25, 0.3) is 5.91 Å². The number of carbonyl (C=O) groups is 2. The fourth-order valence-electron chi connectivity index (χ4n) is 3.42. The summed E-state index contributed by atoms with van der Waals surface area (Å²) in [6.45, 7) is 1.24. The smallest absolute Gasteiger partial charge is 0.252 e. The zero-order chi connectivity index (χ0) is 20.1. The summed E-state index contributed by atoms with van der Waals surface area (Å²) >= 11 is 0. The number of hydrogen-bond acceptors (Lipinski definition) is 4. The van der Waals surface area contributed by atoms with Gasteiger partial charge in [0.2, 0.25) is 5.91 Å². The molecule has 2 heterocycles. The lowest BCUT2D eigenvalue weighted by atomic mass is 10.0. The van der Waals surface area contributed by atoms with Crippen LogP contribution in [0.2, 0.25) is 0 Å². The number of amides is 2. The van der Waals surface area contributed by atoms with Gasteiger partial charge >= 0.3 is 0 Å². The number of nitrogens with one attached hydrogen (secondary N) is 1. The SMILES string of the molecule is O=C(NC(C(=O)N1CCOC(c2ccco2)C1)c1ccccc1)c1ccccc1. The van der Waals surface area contributed by atoms with Gasteiger partial charge in [-0.2, -0.15) is 0 Å². The molecule has 0 aliphatic carbocycles. The molecular weight excluding hydrogens is 368 g/mol. The zero-order valence-corrected chi connectivity index (χ0v) is 15.9. The summed E-state index contributed by atoms with van der Waals surface area (Å²) in [6.07, 6.45) is 1.27. The van der Waals surface area contributed by atoms with Crippen LogP contribution in [0, 0.1) is 0 Å². The van der Waals surface area contributed by atoms with Crippen molar-refractivity contribution in [2.45, 2.75) is 12.1 Å². The molecule has 1 aliphatic rings. The second-order valence-electron chi connectivity index (χ2n) is 6.84. The van der Waals surface area contributed by atoms with Gasteiger partial charge in [-0.25, -0.2) is 0 Å². The maximum Gasteiger partial charge on any atom is 0.252 e. The number of ether oxygens (including phenoxy) is 1. The average Bonchev–Trinajstić information content (AvgIpc) is 3.33. The lowest BCUT2D eigenvalue weighted by Gasteiger charge is -2.34. The van der Waals surface area contributed by atoms with Crippen molar-refractivity contribution in [3.05, 3.63) is 95.9 Å². The summed E-state index contributed by atoms with van der Waals surface area (Å²) < 4.78 is 11.2. The number of nitrogens with zero attached hydrogens (tertiary/aromatic N) is 1. The fourth-order valence-corrected chi connectivity index (χ4v) is 3.42. The van der Waals surface area contributed by atoms with Gasteiger partial charge in [-0.1, -0.05) is 48.5 Å². The third kappa shape index (κ3) is 4.38. The Hall–Kier alpha value is -3.38. The van der Waals surface area contributed by atoms with Gasteiger partial charge in [0.1, 0.15) is 17.9 Å². The number of benzene rings is 2. The normalized spacial score (nSPS) is 17.5. The van der Waals surface area contributed by atoms with Gasteiger partial charge in [0.05, 0.1) is 19.4 Å². The molecule has 1 fully saturated rings. The van der Waals surface area contributed by atoms with Crippen LogP contribution in [0.15, 0.2) is 83.5 Å². The van der Waals surface area contributed by atoms with Crippen molar-refractivity contribution in [1.82, 2.24) is 10.2 Å². The van der Waals surface area contributed by atoms with Crippen molar-refractivity contribution in [1.29, 1.82) is 0 Å². The molecule has 6 heteroatoms. The minimum Gasteiger partial charge on any atom is -0.467 e. The van der Waals surface area contributed by atoms with Crippen LogP contribution in [0.4, 0.5) is 0 Å². The van der Waals surface area contributed by atoms with Gasteiger partial charge in [-0.15, -0.1) is 0 Å². The highest BCUT2D eigenvalue weighted by molar-refractivity contribution is 5.97. The Morgan fingerprint density at radius 1 is 0.966 bits per heavy atom. The molecule has 2 atom stereocenters. The Bertz CT molecular complexity index is 942. The van der Waals surface area contributed by atoms with E-state index in [1.54, 1.807) is 41.5 Å². The number of carbonyl (C=O) groups excluding carboxylic acids is 2. The molecular formula is C23H22N2O4. The highest BCUT2D eigenvalue weighted by Crippen LogP contribution is 2.25. The topological polar surface area (TPSA) is 71.8 Å². The van der Waals surface area contributed by atoms with Crippen LogP contribution in [0.25, 0.3) is 0 Å². The number of furan rings is 1.